The van der Waals surface area contributed by atoms with E-state index < -0.39 is 30.6 Å². The van der Waals surface area contributed by atoms with Gasteiger partial charge in [0, 0.05) is 24.1 Å². The van der Waals surface area contributed by atoms with Crippen molar-refractivity contribution in [3.8, 4) is 11.5 Å². The predicted octanol–water partition coefficient (Wildman–Crippen LogP) is 4.05. The van der Waals surface area contributed by atoms with Gasteiger partial charge in [-0.05, 0) is 37.0 Å². The lowest BCUT2D eigenvalue weighted by Crippen LogP contribution is -2.54. The Hall–Kier alpha value is -2.65. The Labute approximate surface area is 205 Å². The van der Waals surface area contributed by atoms with Crippen molar-refractivity contribution < 1.29 is 33.3 Å². The van der Waals surface area contributed by atoms with Gasteiger partial charge in [0.05, 0.1) is 18.1 Å². The molecule has 1 fully saturated rings. The predicted molar refractivity (Wildman–Crippen MR) is 128 cm³/mol. The van der Waals surface area contributed by atoms with E-state index in [2.05, 4.69) is 27.4 Å². The molecule has 3 rings (SSSR count). The molecule has 1 saturated carbocycles. The lowest BCUT2D eigenvalue weighted by Gasteiger charge is -2.42. The first-order valence-electron chi connectivity index (χ1n) is 12.0. The summed E-state index contributed by atoms with van der Waals surface area (Å²) in [6.45, 7) is 11.7. The highest BCUT2D eigenvalue weighted by molar-refractivity contribution is 5.91. The fourth-order valence-corrected chi connectivity index (χ4v) is 4.46. The van der Waals surface area contributed by atoms with Crippen LogP contribution < -0.4 is 14.8 Å². The molecule has 1 aliphatic heterocycles. The molecular weight excluding hydrogens is 458 g/mol. The largest absolute Gasteiger partial charge is 0.586 e. The molecule has 2 atom stereocenters. The number of ether oxygens (including phenoxy) is 2. The van der Waals surface area contributed by atoms with Gasteiger partial charge in [0.1, 0.15) is 6.17 Å². The summed E-state index contributed by atoms with van der Waals surface area (Å²) in [5.41, 5.74) is 0.340. The Morgan fingerprint density at radius 3 is 2.49 bits per heavy atom. The van der Waals surface area contributed by atoms with Crippen LogP contribution in [0.4, 0.5) is 8.78 Å². The molecule has 0 bridgehead atoms. The number of aliphatic hydroxyl groups excluding tert-OH is 2. The van der Waals surface area contributed by atoms with Crippen LogP contribution in [-0.4, -0.2) is 52.7 Å². The molecule has 0 aromatic heterocycles. The minimum atomic E-state index is -3.72. The second kappa shape index (κ2) is 10.1. The number of amides is 1. The van der Waals surface area contributed by atoms with Crippen LogP contribution in [0.5, 0.6) is 11.5 Å². The maximum Gasteiger partial charge on any atom is 0.586 e. The van der Waals surface area contributed by atoms with Gasteiger partial charge in [-0.3, -0.25) is 4.79 Å². The summed E-state index contributed by atoms with van der Waals surface area (Å²) in [6, 6.07) is 4.45. The smallest absolute Gasteiger partial charge is 0.395 e. The van der Waals surface area contributed by atoms with Gasteiger partial charge in [-0.25, -0.2) is 0 Å². The lowest BCUT2D eigenvalue weighted by molar-refractivity contribution is -0.286. The number of carbonyl (C=O) groups excluding carboxylic acids is 1. The standard InChI is InChI=1S/C26H36F2N2O5/c1-6-8-21(24(3,4)5)30(15-18(32)16-31)22(9-7-2)29-23(33)25(12-13-25)17-10-11-19-20(14-17)35-26(27,28)34-19/h7-8,10-11,14,18,22,31-32H,2,6,9,12-13,15-16H2,1,3-5H3,(H,29,33)/b21-8-. The summed E-state index contributed by atoms with van der Waals surface area (Å²) in [7, 11) is 0. The van der Waals surface area contributed by atoms with E-state index in [1.54, 1.807) is 12.1 Å². The highest BCUT2D eigenvalue weighted by Crippen LogP contribution is 2.52. The van der Waals surface area contributed by atoms with Gasteiger partial charge in [0.2, 0.25) is 5.91 Å². The third-order valence-electron chi connectivity index (χ3n) is 6.30. The number of benzene rings is 1. The molecule has 1 heterocycles. The van der Waals surface area contributed by atoms with Crippen molar-refractivity contribution in [3.63, 3.8) is 0 Å². The monoisotopic (exact) mass is 494 g/mol. The molecule has 0 radical (unpaired) electrons. The van der Waals surface area contributed by atoms with Crippen LogP contribution in [0.25, 0.3) is 0 Å². The maximum absolute atomic E-state index is 13.6. The first-order chi connectivity index (χ1) is 16.4. The zero-order chi connectivity index (χ0) is 26.0. The van der Waals surface area contributed by atoms with Gasteiger partial charge in [-0.2, -0.15) is 0 Å². The van der Waals surface area contributed by atoms with Crippen molar-refractivity contribution in [1.29, 1.82) is 0 Å². The Kier molecular flexibility index (Phi) is 7.81. The molecular formula is C26H36F2N2O5. The van der Waals surface area contributed by atoms with Gasteiger partial charge < -0.3 is 29.9 Å². The van der Waals surface area contributed by atoms with Crippen molar-refractivity contribution in [3.05, 3.63) is 48.2 Å². The zero-order valence-electron chi connectivity index (χ0n) is 20.8. The zero-order valence-corrected chi connectivity index (χ0v) is 20.8. The van der Waals surface area contributed by atoms with Crippen molar-refractivity contribution in [2.75, 3.05) is 13.2 Å². The summed E-state index contributed by atoms with van der Waals surface area (Å²) in [4.78, 5) is 15.5. The maximum atomic E-state index is 13.6. The minimum Gasteiger partial charge on any atom is -0.395 e. The van der Waals surface area contributed by atoms with Crippen LogP contribution >= 0.6 is 0 Å². The third kappa shape index (κ3) is 5.95. The van der Waals surface area contributed by atoms with E-state index in [4.69, 9.17) is 0 Å². The quantitative estimate of drug-likeness (QED) is 0.318. The molecule has 2 aliphatic rings. The fraction of sp³-hybridized carbons (Fsp3) is 0.577. The number of hydrogen-bond acceptors (Lipinski definition) is 6. The van der Waals surface area contributed by atoms with E-state index in [1.165, 1.54) is 12.1 Å². The minimum absolute atomic E-state index is 0.0665. The number of nitrogens with one attached hydrogen (secondary N) is 1. The number of alkyl halides is 2. The van der Waals surface area contributed by atoms with E-state index >= 15 is 0 Å². The Balaban J connectivity index is 1.90. The first-order valence-corrected chi connectivity index (χ1v) is 12.0. The molecule has 194 valence electrons. The number of carbonyl (C=O) groups is 1. The summed E-state index contributed by atoms with van der Waals surface area (Å²) >= 11 is 0. The molecule has 1 aromatic carbocycles. The molecule has 0 saturated heterocycles. The molecule has 2 unspecified atom stereocenters. The molecule has 7 nitrogen and oxygen atoms in total. The average molecular weight is 495 g/mol. The summed E-state index contributed by atoms with van der Waals surface area (Å²) in [5.74, 6) is -0.408. The molecule has 3 N–H and O–H groups in total. The molecule has 1 amide bonds. The van der Waals surface area contributed by atoms with Crippen LogP contribution in [-0.2, 0) is 10.2 Å². The van der Waals surface area contributed by atoms with E-state index in [0.717, 1.165) is 12.1 Å². The van der Waals surface area contributed by atoms with E-state index in [0.29, 0.717) is 24.8 Å². The van der Waals surface area contributed by atoms with Gasteiger partial charge in [0.25, 0.3) is 0 Å². The SMILES string of the molecule is C=CCC(NC(=O)C1(c2ccc3c(c2)OC(F)(F)O3)CC1)N(CC(O)CO)/C(=C\CC)C(C)(C)C. The highest BCUT2D eigenvalue weighted by atomic mass is 19.3. The van der Waals surface area contributed by atoms with Crippen LogP contribution in [0.2, 0.25) is 0 Å². The van der Waals surface area contributed by atoms with Crippen LogP contribution in [0.3, 0.4) is 0 Å². The number of rotatable bonds is 11. The van der Waals surface area contributed by atoms with Crippen LogP contribution in [0.15, 0.2) is 42.6 Å². The number of nitrogens with zero attached hydrogens (tertiary/aromatic N) is 1. The van der Waals surface area contributed by atoms with Crippen LogP contribution in [0, 0.1) is 5.41 Å². The normalized spacial score (nSPS) is 19.6. The topological polar surface area (TPSA) is 91.3 Å². The fourth-order valence-electron chi connectivity index (χ4n) is 4.46. The van der Waals surface area contributed by atoms with Gasteiger partial charge in [-0.1, -0.05) is 45.9 Å². The number of hydrogen-bond donors (Lipinski definition) is 3. The number of halogens is 2. The van der Waals surface area contributed by atoms with Gasteiger partial charge in [0.15, 0.2) is 11.5 Å². The molecule has 9 heteroatoms. The van der Waals surface area contributed by atoms with Crippen molar-refractivity contribution >= 4 is 5.91 Å². The van der Waals surface area contributed by atoms with E-state index in [-0.39, 0.29) is 29.4 Å². The molecule has 1 aliphatic carbocycles. The Morgan fingerprint density at radius 1 is 1.29 bits per heavy atom. The van der Waals surface area contributed by atoms with Crippen molar-refractivity contribution in [1.82, 2.24) is 10.2 Å². The second-order valence-electron chi connectivity index (χ2n) is 10.2. The van der Waals surface area contributed by atoms with Crippen molar-refractivity contribution in [2.24, 2.45) is 5.41 Å². The second-order valence-corrected chi connectivity index (χ2v) is 10.2. The first kappa shape index (κ1) is 26.9. The molecule has 35 heavy (non-hydrogen) atoms. The average Bonchev–Trinajstić information content (AvgIpc) is 3.52. The van der Waals surface area contributed by atoms with E-state index in [9.17, 15) is 23.8 Å². The summed E-state index contributed by atoms with van der Waals surface area (Å²) in [6.07, 6.45) is 0.745. The number of aliphatic hydroxyl groups is 2. The molecule has 1 aromatic rings. The summed E-state index contributed by atoms with van der Waals surface area (Å²) in [5, 5.41) is 22.9. The van der Waals surface area contributed by atoms with Gasteiger partial charge >= 0.3 is 6.29 Å². The van der Waals surface area contributed by atoms with Gasteiger partial charge in [-0.15, -0.1) is 15.4 Å². The summed E-state index contributed by atoms with van der Waals surface area (Å²) < 4.78 is 36.0. The van der Waals surface area contributed by atoms with Crippen molar-refractivity contribution in [2.45, 2.75) is 77.4 Å². The van der Waals surface area contributed by atoms with Crippen LogP contribution in [0.1, 0.15) is 58.9 Å². The number of fused-ring (bicyclic) bond motifs is 1. The lowest BCUT2D eigenvalue weighted by atomic mass is 9.89. The van der Waals surface area contributed by atoms with E-state index in [1.807, 2.05) is 32.6 Å². The Bertz CT molecular complexity index is 969. The Morgan fingerprint density at radius 2 is 1.94 bits per heavy atom. The third-order valence-corrected chi connectivity index (χ3v) is 6.30. The molecule has 0 spiro atoms. The number of allylic oxidation sites excluding steroid dienone is 2. The highest BCUT2D eigenvalue weighted by Gasteiger charge is 2.53.